The van der Waals surface area contributed by atoms with E-state index in [1.807, 2.05) is 11.8 Å². The van der Waals surface area contributed by atoms with Gasteiger partial charge in [0.2, 0.25) is 5.91 Å². The van der Waals surface area contributed by atoms with Crippen LogP contribution in [0.1, 0.15) is 49.8 Å². The zero-order valence-electron chi connectivity index (χ0n) is 13.8. The maximum atomic E-state index is 13.0. The molecule has 24 heavy (non-hydrogen) atoms. The lowest BCUT2D eigenvalue weighted by Crippen LogP contribution is -2.45. The molecule has 1 heterocycles. The van der Waals surface area contributed by atoms with Crippen LogP contribution in [-0.4, -0.2) is 29.9 Å². The van der Waals surface area contributed by atoms with Crippen LogP contribution in [0.2, 0.25) is 0 Å². The predicted molar refractivity (Wildman–Crippen MR) is 85.3 cm³/mol. The van der Waals surface area contributed by atoms with Crippen LogP contribution in [-0.2, 0) is 11.0 Å². The summed E-state index contributed by atoms with van der Waals surface area (Å²) < 4.78 is 38.9. The normalized spacial score (nSPS) is 22.9. The Kier molecular flexibility index (Phi) is 4.85. The van der Waals surface area contributed by atoms with Gasteiger partial charge in [-0.1, -0.05) is 12.1 Å². The second-order valence-corrected chi connectivity index (χ2v) is 6.82. The SMILES string of the molecule is CC(c1cccc(C(F)(F)F)c1)N(C(=O)C1CCCNC1)C1CC1. The molecule has 2 unspecified atom stereocenters. The molecule has 3 rings (SSSR count). The van der Waals surface area contributed by atoms with Crippen molar-refractivity contribution < 1.29 is 18.0 Å². The molecule has 1 aliphatic carbocycles. The lowest BCUT2D eigenvalue weighted by molar-refractivity contribution is -0.139. The second kappa shape index (κ2) is 6.75. The highest BCUT2D eigenvalue weighted by Gasteiger charge is 2.40. The van der Waals surface area contributed by atoms with Crippen molar-refractivity contribution in [1.82, 2.24) is 10.2 Å². The van der Waals surface area contributed by atoms with Gasteiger partial charge in [-0.2, -0.15) is 13.2 Å². The van der Waals surface area contributed by atoms with Crippen molar-refractivity contribution in [2.75, 3.05) is 13.1 Å². The molecule has 1 saturated heterocycles. The summed E-state index contributed by atoms with van der Waals surface area (Å²) in [5.41, 5.74) is -0.108. The third-order valence-electron chi connectivity index (χ3n) is 4.95. The number of nitrogens with zero attached hydrogens (tertiary/aromatic N) is 1. The number of hydrogen-bond acceptors (Lipinski definition) is 2. The average molecular weight is 340 g/mol. The number of carbonyl (C=O) groups excluding carboxylic acids is 1. The standard InChI is InChI=1S/C18H23F3N2O/c1-12(13-4-2-6-15(10-13)18(19,20)21)23(16-7-8-16)17(24)14-5-3-9-22-11-14/h2,4,6,10,12,14,16,22H,3,5,7-9,11H2,1H3. The fraction of sp³-hybridized carbons (Fsp3) is 0.611. The van der Waals surface area contributed by atoms with Crippen molar-refractivity contribution in [3.63, 3.8) is 0 Å². The Morgan fingerprint density at radius 1 is 1.29 bits per heavy atom. The van der Waals surface area contributed by atoms with Crippen LogP contribution in [0.15, 0.2) is 24.3 Å². The molecule has 1 aromatic rings. The van der Waals surface area contributed by atoms with E-state index in [9.17, 15) is 18.0 Å². The lowest BCUT2D eigenvalue weighted by atomic mass is 9.96. The molecule has 1 aliphatic heterocycles. The van der Waals surface area contributed by atoms with E-state index >= 15 is 0 Å². The molecule has 1 aromatic carbocycles. The molecule has 1 N–H and O–H groups in total. The molecule has 0 radical (unpaired) electrons. The zero-order chi connectivity index (χ0) is 17.3. The molecule has 6 heteroatoms. The molecular formula is C18H23F3N2O. The number of amides is 1. The molecule has 2 atom stereocenters. The first-order chi connectivity index (χ1) is 11.4. The van der Waals surface area contributed by atoms with Gasteiger partial charge in [-0.15, -0.1) is 0 Å². The Morgan fingerprint density at radius 3 is 2.62 bits per heavy atom. The fourth-order valence-corrected chi connectivity index (χ4v) is 3.45. The largest absolute Gasteiger partial charge is 0.416 e. The number of carbonyl (C=O) groups is 1. The van der Waals surface area contributed by atoms with Gasteiger partial charge in [0.05, 0.1) is 17.5 Å². The van der Waals surface area contributed by atoms with E-state index < -0.39 is 11.7 Å². The Labute approximate surface area is 140 Å². The smallest absolute Gasteiger partial charge is 0.333 e. The first kappa shape index (κ1) is 17.3. The van der Waals surface area contributed by atoms with Gasteiger partial charge in [-0.05, 0) is 56.8 Å². The molecule has 2 aliphatic rings. The van der Waals surface area contributed by atoms with Gasteiger partial charge < -0.3 is 10.2 Å². The average Bonchev–Trinajstić information content (AvgIpc) is 3.40. The number of alkyl halides is 3. The van der Waals surface area contributed by atoms with E-state index in [0.29, 0.717) is 12.1 Å². The topological polar surface area (TPSA) is 32.3 Å². The maximum Gasteiger partial charge on any atom is 0.416 e. The third-order valence-corrected chi connectivity index (χ3v) is 4.95. The van der Waals surface area contributed by atoms with Crippen molar-refractivity contribution in [1.29, 1.82) is 0 Å². The highest BCUT2D eigenvalue weighted by atomic mass is 19.4. The third kappa shape index (κ3) is 3.74. The van der Waals surface area contributed by atoms with Crippen LogP contribution < -0.4 is 5.32 Å². The Bertz CT molecular complexity index is 592. The highest BCUT2D eigenvalue weighted by molar-refractivity contribution is 5.80. The Balaban J connectivity index is 1.82. The van der Waals surface area contributed by atoms with Crippen molar-refractivity contribution >= 4 is 5.91 Å². The van der Waals surface area contributed by atoms with Gasteiger partial charge in [-0.3, -0.25) is 4.79 Å². The lowest BCUT2D eigenvalue weighted by Gasteiger charge is -2.34. The van der Waals surface area contributed by atoms with Gasteiger partial charge in [0.15, 0.2) is 0 Å². The first-order valence-corrected chi connectivity index (χ1v) is 8.58. The van der Waals surface area contributed by atoms with E-state index in [4.69, 9.17) is 0 Å². The molecular weight excluding hydrogens is 317 g/mol. The number of nitrogens with one attached hydrogen (secondary N) is 1. The summed E-state index contributed by atoms with van der Waals surface area (Å²) in [4.78, 5) is 14.8. The molecule has 2 fully saturated rings. The minimum atomic E-state index is -4.36. The minimum Gasteiger partial charge on any atom is -0.333 e. The quantitative estimate of drug-likeness (QED) is 0.905. The van der Waals surface area contributed by atoms with Gasteiger partial charge in [0, 0.05) is 12.6 Å². The van der Waals surface area contributed by atoms with Gasteiger partial charge in [0.1, 0.15) is 0 Å². The molecule has 0 aromatic heterocycles. The molecule has 1 amide bonds. The summed E-state index contributed by atoms with van der Waals surface area (Å²) in [7, 11) is 0. The number of piperidine rings is 1. The molecule has 0 bridgehead atoms. The minimum absolute atomic E-state index is 0.0624. The zero-order valence-corrected chi connectivity index (χ0v) is 13.8. The Hall–Kier alpha value is -1.56. The van der Waals surface area contributed by atoms with E-state index in [1.165, 1.54) is 12.1 Å². The second-order valence-electron chi connectivity index (χ2n) is 6.82. The molecule has 132 valence electrons. The number of hydrogen-bond donors (Lipinski definition) is 1. The molecule has 1 saturated carbocycles. The summed E-state index contributed by atoms with van der Waals surface area (Å²) in [6.45, 7) is 3.43. The van der Waals surface area contributed by atoms with Gasteiger partial charge in [-0.25, -0.2) is 0 Å². The molecule has 0 spiro atoms. The summed E-state index contributed by atoms with van der Waals surface area (Å²) >= 11 is 0. The van der Waals surface area contributed by atoms with E-state index in [1.54, 1.807) is 6.07 Å². The predicted octanol–water partition coefficient (Wildman–Crippen LogP) is 3.76. The van der Waals surface area contributed by atoms with Crippen LogP contribution in [0.3, 0.4) is 0 Å². The molecule has 3 nitrogen and oxygen atoms in total. The fourth-order valence-electron chi connectivity index (χ4n) is 3.45. The van der Waals surface area contributed by atoms with Crippen LogP contribution in [0.25, 0.3) is 0 Å². The number of benzene rings is 1. The van der Waals surface area contributed by atoms with Crippen LogP contribution in [0, 0.1) is 5.92 Å². The first-order valence-electron chi connectivity index (χ1n) is 8.58. The monoisotopic (exact) mass is 340 g/mol. The van der Waals surface area contributed by atoms with Gasteiger partial charge >= 0.3 is 6.18 Å². The number of rotatable bonds is 4. The van der Waals surface area contributed by atoms with Crippen LogP contribution in [0.5, 0.6) is 0 Å². The van der Waals surface area contributed by atoms with Gasteiger partial charge in [0.25, 0.3) is 0 Å². The van der Waals surface area contributed by atoms with E-state index in [0.717, 1.165) is 38.3 Å². The Morgan fingerprint density at radius 2 is 2.04 bits per heavy atom. The van der Waals surface area contributed by atoms with Crippen LogP contribution >= 0.6 is 0 Å². The summed E-state index contributed by atoms with van der Waals surface area (Å²) in [6.07, 6.45) is -0.668. The van der Waals surface area contributed by atoms with Crippen molar-refractivity contribution in [3.05, 3.63) is 35.4 Å². The van der Waals surface area contributed by atoms with Crippen LogP contribution in [0.4, 0.5) is 13.2 Å². The van der Waals surface area contributed by atoms with Crippen molar-refractivity contribution in [3.8, 4) is 0 Å². The van der Waals surface area contributed by atoms with Crippen molar-refractivity contribution in [2.45, 2.75) is 50.9 Å². The van der Waals surface area contributed by atoms with E-state index in [-0.39, 0.29) is 23.9 Å². The number of halogens is 3. The summed E-state index contributed by atoms with van der Waals surface area (Å²) in [5, 5.41) is 3.24. The highest BCUT2D eigenvalue weighted by Crippen LogP contribution is 2.38. The van der Waals surface area contributed by atoms with E-state index in [2.05, 4.69) is 5.32 Å². The summed E-state index contributed by atoms with van der Waals surface area (Å²) in [5.74, 6) is 0.0159. The van der Waals surface area contributed by atoms with Crippen molar-refractivity contribution in [2.24, 2.45) is 5.92 Å². The maximum absolute atomic E-state index is 13.0. The summed E-state index contributed by atoms with van der Waals surface area (Å²) in [6, 6.07) is 5.18.